The summed E-state index contributed by atoms with van der Waals surface area (Å²) in [4.78, 5) is 10.1. The molecule has 0 unspecified atom stereocenters. The summed E-state index contributed by atoms with van der Waals surface area (Å²) in [6.45, 7) is 0. The van der Waals surface area contributed by atoms with Gasteiger partial charge in [0.25, 0.3) is 5.69 Å². The molecule has 0 bridgehead atoms. The van der Waals surface area contributed by atoms with Gasteiger partial charge in [-0.15, -0.1) is 0 Å². The summed E-state index contributed by atoms with van der Waals surface area (Å²) >= 11 is 11.1. The van der Waals surface area contributed by atoms with Crippen molar-refractivity contribution in [3.05, 3.63) is 63.7 Å². The van der Waals surface area contributed by atoms with E-state index in [4.69, 9.17) is 23.8 Å². The first-order chi connectivity index (χ1) is 10.1. The van der Waals surface area contributed by atoms with Crippen LogP contribution in [0.1, 0.15) is 0 Å². The Balaban J connectivity index is 1.90. The Morgan fingerprint density at radius 2 is 1.81 bits per heavy atom. The van der Waals surface area contributed by atoms with E-state index >= 15 is 0 Å². The average molecular weight is 323 g/mol. The van der Waals surface area contributed by atoms with Gasteiger partial charge in [-0.25, -0.2) is 0 Å². The smallest absolute Gasteiger partial charge is 0.269 e. The maximum Gasteiger partial charge on any atom is 0.269 e. The zero-order valence-electron chi connectivity index (χ0n) is 10.7. The van der Waals surface area contributed by atoms with Crippen molar-refractivity contribution in [2.75, 3.05) is 10.7 Å². The third-order valence-corrected chi connectivity index (χ3v) is 3.05. The summed E-state index contributed by atoms with van der Waals surface area (Å²) in [6.07, 6.45) is 0. The molecule has 108 valence electrons. The first kappa shape index (κ1) is 15.0. The summed E-state index contributed by atoms with van der Waals surface area (Å²) < 4.78 is 0. The minimum absolute atomic E-state index is 0.0219. The van der Waals surface area contributed by atoms with Crippen LogP contribution in [0.5, 0.6) is 0 Å². The fraction of sp³-hybridized carbons (Fsp3) is 0. The molecule has 0 amide bonds. The molecule has 2 aromatic rings. The number of hydrogen-bond donors (Lipinski definition) is 3. The normalized spacial score (nSPS) is 9.76. The molecule has 6 nitrogen and oxygen atoms in total. The third kappa shape index (κ3) is 4.30. The highest BCUT2D eigenvalue weighted by atomic mass is 35.5. The van der Waals surface area contributed by atoms with Gasteiger partial charge in [-0.1, -0.05) is 23.7 Å². The van der Waals surface area contributed by atoms with Gasteiger partial charge in [-0.05, 0) is 36.5 Å². The third-order valence-electron chi connectivity index (χ3n) is 2.52. The Morgan fingerprint density at radius 3 is 2.43 bits per heavy atom. The Kier molecular flexibility index (Phi) is 4.91. The quantitative estimate of drug-likeness (QED) is 0.454. The highest BCUT2D eigenvalue weighted by Gasteiger charge is 2.05. The largest absolute Gasteiger partial charge is 0.331 e. The van der Waals surface area contributed by atoms with E-state index in [9.17, 15) is 10.1 Å². The molecule has 0 aliphatic carbocycles. The summed E-state index contributed by atoms with van der Waals surface area (Å²) in [5.74, 6) is 0. The number of benzene rings is 2. The molecule has 2 rings (SSSR count). The second-order valence-electron chi connectivity index (χ2n) is 3.99. The van der Waals surface area contributed by atoms with Gasteiger partial charge in [-0.3, -0.25) is 21.0 Å². The molecule has 21 heavy (non-hydrogen) atoms. The van der Waals surface area contributed by atoms with Crippen molar-refractivity contribution < 1.29 is 4.92 Å². The summed E-state index contributed by atoms with van der Waals surface area (Å²) in [5, 5.41) is 14.3. The number of nitrogens with zero attached hydrogens (tertiary/aromatic N) is 1. The number of nitro benzene ring substituents is 1. The molecular weight excluding hydrogens is 312 g/mol. The van der Waals surface area contributed by atoms with Crippen LogP contribution < -0.4 is 16.2 Å². The second-order valence-corrected chi connectivity index (χ2v) is 4.80. The summed E-state index contributed by atoms with van der Waals surface area (Å²) in [7, 11) is 0. The number of nitro groups is 1. The second kappa shape index (κ2) is 6.87. The van der Waals surface area contributed by atoms with Crippen LogP contribution in [0.3, 0.4) is 0 Å². The van der Waals surface area contributed by atoms with E-state index in [2.05, 4.69) is 16.2 Å². The number of non-ortho nitro benzene ring substituents is 1. The molecule has 0 heterocycles. The molecule has 8 heteroatoms. The minimum atomic E-state index is -0.459. The molecule has 2 aromatic carbocycles. The van der Waals surface area contributed by atoms with E-state index in [0.717, 1.165) is 0 Å². The fourth-order valence-electron chi connectivity index (χ4n) is 1.52. The van der Waals surface area contributed by atoms with Crippen molar-refractivity contribution in [2.24, 2.45) is 0 Å². The van der Waals surface area contributed by atoms with E-state index in [1.54, 1.807) is 24.3 Å². The van der Waals surface area contributed by atoms with Gasteiger partial charge >= 0.3 is 0 Å². The highest BCUT2D eigenvalue weighted by Crippen LogP contribution is 2.19. The number of halogens is 1. The summed E-state index contributed by atoms with van der Waals surface area (Å²) in [5.41, 5.74) is 6.99. The Hall–Kier alpha value is -2.38. The number of hydrogen-bond acceptors (Lipinski definition) is 4. The number of rotatable bonds is 4. The SMILES string of the molecule is O=[N+]([O-])c1ccc(NC(=S)NNc2ccccc2Cl)cc1. The van der Waals surface area contributed by atoms with E-state index < -0.39 is 4.92 Å². The van der Waals surface area contributed by atoms with E-state index in [1.165, 1.54) is 12.1 Å². The predicted molar refractivity (Wildman–Crippen MR) is 87.5 cm³/mol. The maximum absolute atomic E-state index is 10.6. The van der Waals surface area contributed by atoms with Crippen LogP contribution in [0, 0.1) is 10.1 Å². The molecule has 0 aliphatic rings. The lowest BCUT2D eigenvalue weighted by molar-refractivity contribution is -0.384. The van der Waals surface area contributed by atoms with Crippen molar-refractivity contribution in [1.29, 1.82) is 0 Å². The van der Waals surface area contributed by atoms with Crippen molar-refractivity contribution in [2.45, 2.75) is 0 Å². The number of para-hydroxylation sites is 1. The van der Waals surface area contributed by atoms with Crippen LogP contribution in [0.4, 0.5) is 17.1 Å². The molecule has 0 atom stereocenters. The monoisotopic (exact) mass is 322 g/mol. The number of nitrogens with one attached hydrogen (secondary N) is 3. The average Bonchev–Trinajstić information content (AvgIpc) is 2.47. The van der Waals surface area contributed by atoms with Gasteiger partial charge in [0.15, 0.2) is 5.11 Å². The minimum Gasteiger partial charge on any atom is -0.331 e. The van der Waals surface area contributed by atoms with Crippen LogP contribution in [0.25, 0.3) is 0 Å². The van der Waals surface area contributed by atoms with E-state index in [0.29, 0.717) is 21.5 Å². The first-order valence-corrected chi connectivity index (χ1v) is 6.67. The van der Waals surface area contributed by atoms with Gasteiger partial charge in [0.1, 0.15) is 0 Å². The maximum atomic E-state index is 10.6. The lowest BCUT2D eigenvalue weighted by atomic mass is 10.3. The van der Waals surface area contributed by atoms with Crippen molar-refractivity contribution in [3.63, 3.8) is 0 Å². The zero-order chi connectivity index (χ0) is 15.2. The van der Waals surface area contributed by atoms with E-state index in [-0.39, 0.29) is 5.69 Å². The van der Waals surface area contributed by atoms with Crippen molar-refractivity contribution >= 4 is 46.0 Å². The lowest BCUT2D eigenvalue weighted by Crippen LogP contribution is -2.33. The molecule has 0 fully saturated rings. The van der Waals surface area contributed by atoms with Crippen molar-refractivity contribution in [3.8, 4) is 0 Å². The van der Waals surface area contributed by atoms with Crippen LogP contribution in [0.15, 0.2) is 48.5 Å². The molecule has 0 aromatic heterocycles. The van der Waals surface area contributed by atoms with Crippen molar-refractivity contribution in [1.82, 2.24) is 5.43 Å². The van der Waals surface area contributed by atoms with Gasteiger partial charge in [-0.2, -0.15) is 0 Å². The first-order valence-electron chi connectivity index (χ1n) is 5.88. The molecule has 3 N–H and O–H groups in total. The Morgan fingerprint density at radius 1 is 1.14 bits per heavy atom. The molecular formula is C13H11ClN4O2S. The number of thiocarbonyl (C=S) groups is 1. The fourth-order valence-corrected chi connectivity index (χ4v) is 1.87. The number of anilines is 2. The molecule has 0 aliphatic heterocycles. The van der Waals surface area contributed by atoms with E-state index in [1.807, 2.05) is 12.1 Å². The number of hydrazine groups is 1. The van der Waals surface area contributed by atoms with Crippen LogP contribution in [-0.4, -0.2) is 10.0 Å². The topological polar surface area (TPSA) is 79.2 Å². The van der Waals surface area contributed by atoms with Gasteiger partial charge in [0, 0.05) is 17.8 Å². The standard InChI is InChI=1S/C13H11ClN4O2S/c14-11-3-1-2-4-12(11)16-17-13(21)15-9-5-7-10(8-6-9)18(19)20/h1-8,16H,(H2,15,17,21). The molecule has 0 saturated carbocycles. The molecule has 0 radical (unpaired) electrons. The highest BCUT2D eigenvalue weighted by molar-refractivity contribution is 7.80. The molecule has 0 saturated heterocycles. The predicted octanol–water partition coefficient (Wildman–Crippen LogP) is 3.56. The zero-order valence-corrected chi connectivity index (χ0v) is 12.2. The van der Waals surface area contributed by atoms with Gasteiger partial charge in [0.2, 0.25) is 0 Å². The Labute approximate surface area is 131 Å². The van der Waals surface area contributed by atoms with Gasteiger partial charge in [0.05, 0.1) is 15.6 Å². The lowest BCUT2D eigenvalue weighted by Gasteiger charge is -2.13. The summed E-state index contributed by atoms with van der Waals surface area (Å²) in [6, 6.07) is 13.1. The molecule has 0 spiro atoms. The van der Waals surface area contributed by atoms with Crippen LogP contribution in [-0.2, 0) is 0 Å². The van der Waals surface area contributed by atoms with Crippen LogP contribution >= 0.6 is 23.8 Å². The van der Waals surface area contributed by atoms with Crippen LogP contribution in [0.2, 0.25) is 5.02 Å². The Bertz CT molecular complexity index is 663. The van der Waals surface area contributed by atoms with Gasteiger partial charge < -0.3 is 5.32 Å².